The van der Waals surface area contributed by atoms with Crippen LogP contribution in [0, 0.1) is 13.8 Å². The topological polar surface area (TPSA) is 43.1 Å². The van der Waals surface area contributed by atoms with Crippen molar-refractivity contribution in [3.05, 3.63) is 64.7 Å². The fraction of sp³-hybridized carbons (Fsp3) is 0.133. The van der Waals surface area contributed by atoms with Gasteiger partial charge in [-0.3, -0.25) is 4.79 Å². The van der Waals surface area contributed by atoms with E-state index in [-0.39, 0.29) is 5.78 Å². The van der Waals surface area contributed by atoms with Gasteiger partial charge in [0.15, 0.2) is 5.78 Å². The number of anilines is 1. The van der Waals surface area contributed by atoms with Gasteiger partial charge in [0, 0.05) is 16.8 Å². The quantitative estimate of drug-likeness (QED) is 0.630. The first-order valence-corrected chi connectivity index (χ1v) is 5.56. The lowest BCUT2D eigenvalue weighted by Gasteiger charge is -2.08. The molecule has 0 fully saturated rings. The zero-order chi connectivity index (χ0) is 12.4. The summed E-state index contributed by atoms with van der Waals surface area (Å²) in [7, 11) is 0. The summed E-state index contributed by atoms with van der Waals surface area (Å²) in [5.41, 5.74) is 9.74. The van der Waals surface area contributed by atoms with E-state index in [9.17, 15) is 4.79 Å². The van der Waals surface area contributed by atoms with E-state index in [1.165, 1.54) is 0 Å². The van der Waals surface area contributed by atoms with Crippen molar-refractivity contribution in [2.75, 3.05) is 5.73 Å². The first-order chi connectivity index (χ1) is 8.09. The predicted octanol–water partition coefficient (Wildman–Crippen LogP) is 3.12. The fourth-order valence-electron chi connectivity index (χ4n) is 1.91. The molecule has 0 bridgehead atoms. The van der Waals surface area contributed by atoms with Gasteiger partial charge in [0.1, 0.15) is 0 Å². The fourth-order valence-corrected chi connectivity index (χ4v) is 1.91. The molecule has 0 aliphatic heterocycles. The molecule has 2 rings (SSSR count). The number of ketones is 1. The van der Waals surface area contributed by atoms with Gasteiger partial charge in [0.2, 0.25) is 0 Å². The summed E-state index contributed by atoms with van der Waals surface area (Å²) in [4.78, 5) is 12.4. The standard InChI is InChI=1S/C15H15NO/c1-10-5-3-4-6-13(10)15(17)14-8-7-12(16)9-11(14)2/h3-9H,16H2,1-2H3. The Morgan fingerprint density at radius 1 is 0.941 bits per heavy atom. The second-order valence-corrected chi connectivity index (χ2v) is 4.22. The Bertz CT molecular complexity index is 573. The van der Waals surface area contributed by atoms with Gasteiger partial charge in [0.05, 0.1) is 0 Å². The molecule has 0 spiro atoms. The van der Waals surface area contributed by atoms with E-state index in [4.69, 9.17) is 5.73 Å². The number of aryl methyl sites for hydroxylation is 2. The highest BCUT2D eigenvalue weighted by Gasteiger charge is 2.13. The van der Waals surface area contributed by atoms with E-state index in [1.807, 2.05) is 44.2 Å². The van der Waals surface area contributed by atoms with Crippen LogP contribution < -0.4 is 5.73 Å². The SMILES string of the molecule is Cc1ccccc1C(=O)c1ccc(N)cc1C. The van der Waals surface area contributed by atoms with Gasteiger partial charge < -0.3 is 5.73 Å². The Kier molecular flexibility index (Phi) is 2.96. The molecule has 0 aliphatic rings. The Morgan fingerprint density at radius 3 is 2.24 bits per heavy atom. The minimum absolute atomic E-state index is 0.0561. The van der Waals surface area contributed by atoms with E-state index in [1.54, 1.807) is 12.1 Å². The van der Waals surface area contributed by atoms with Gasteiger partial charge in [0.25, 0.3) is 0 Å². The van der Waals surface area contributed by atoms with Crippen LogP contribution in [0.5, 0.6) is 0 Å². The molecule has 2 heteroatoms. The smallest absolute Gasteiger partial charge is 0.193 e. The summed E-state index contributed by atoms with van der Waals surface area (Å²) in [5, 5.41) is 0. The second-order valence-electron chi connectivity index (χ2n) is 4.22. The number of carbonyl (C=O) groups is 1. The van der Waals surface area contributed by atoms with Crippen LogP contribution in [0.3, 0.4) is 0 Å². The third kappa shape index (κ3) is 2.21. The van der Waals surface area contributed by atoms with Crippen LogP contribution in [0.2, 0.25) is 0 Å². The summed E-state index contributed by atoms with van der Waals surface area (Å²) < 4.78 is 0. The van der Waals surface area contributed by atoms with Crippen molar-refractivity contribution in [1.82, 2.24) is 0 Å². The summed E-state index contributed by atoms with van der Waals surface area (Å²) in [6.45, 7) is 3.85. The average molecular weight is 225 g/mol. The maximum Gasteiger partial charge on any atom is 0.193 e. The number of hydrogen-bond donors (Lipinski definition) is 1. The molecule has 0 aromatic heterocycles. The highest BCUT2D eigenvalue weighted by molar-refractivity contribution is 6.10. The molecule has 17 heavy (non-hydrogen) atoms. The lowest BCUT2D eigenvalue weighted by Crippen LogP contribution is -2.06. The third-order valence-corrected chi connectivity index (χ3v) is 2.88. The Balaban J connectivity index is 2.48. The average Bonchev–Trinajstić information content (AvgIpc) is 2.29. The van der Waals surface area contributed by atoms with Gasteiger partial charge in [-0.15, -0.1) is 0 Å². The number of nitrogen functional groups attached to an aromatic ring is 1. The normalized spacial score (nSPS) is 10.2. The molecule has 0 atom stereocenters. The van der Waals surface area contributed by atoms with Gasteiger partial charge >= 0.3 is 0 Å². The van der Waals surface area contributed by atoms with E-state index in [0.717, 1.165) is 16.7 Å². The molecular formula is C15H15NO. The highest BCUT2D eigenvalue weighted by Crippen LogP contribution is 2.18. The van der Waals surface area contributed by atoms with E-state index in [2.05, 4.69) is 0 Å². The number of carbonyl (C=O) groups excluding carboxylic acids is 1. The zero-order valence-corrected chi connectivity index (χ0v) is 10.0. The van der Waals surface area contributed by atoms with Crippen LogP contribution in [-0.2, 0) is 0 Å². The Morgan fingerprint density at radius 2 is 1.59 bits per heavy atom. The summed E-state index contributed by atoms with van der Waals surface area (Å²) in [6, 6.07) is 13.0. The van der Waals surface area contributed by atoms with Crippen molar-refractivity contribution in [1.29, 1.82) is 0 Å². The first kappa shape index (κ1) is 11.4. The predicted molar refractivity (Wildman–Crippen MR) is 70.2 cm³/mol. The molecule has 2 aromatic carbocycles. The van der Waals surface area contributed by atoms with Gasteiger partial charge in [-0.2, -0.15) is 0 Å². The molecule has 0 radical (unpaired) electrons. The minimum atomic E-state index is 0.0561. The van der Waals surface area contributed by atoms with Crippen LogP contribution in [-0.4, -0.2) is 5.78 Å². The van der Waals surface area contributed by atoms with Crippen molar-refractivity contribution in [3.8, 4) is 0 Å². The van der Waals surface area contributed by atoms with Crippen LogP contribution >= 0.6 is 0 Å². The molecule has 0 heterocycles. The highest BCUT2D eigenvalue weighted by atomic mass is 16.1. The lowest BCUT2D eigenvalue weighted by molar-refractivity contribution is 0.103. The summed E-state index contributed by atoms with van der Waals surface area (Å²) >= 11 is 0. The summed E-state index contributed by atoms with van der Waals surface area (Å²) in [5.74, 6) is 0.0561. The van der Waals surface area contributed by atoms with Crippen molar-refractivity contribution >= 4 is 11.5 Å². The van der Waals surface area contributed by atoms with Gasteiger partial charge in [-0.05, 0) is 43.2 Å². The molecule has 0 saturated carbocycles. The van der Waals surface area contributed by atoms with Crippen LogP contribution in [0.25, 0.3) is 0 Å². The largest absolute Gasteiger partial charge is 0.399 e. The number of hydrogen-bond acceptors (Lipinski definition) is 2. The molecule has 0 saturated heterocycles. The molecule has 0 unspecified atom stereocenters. The van der Waals surface area contributed by atoms with Crippen molar-refractivity contribution in [2.45, 2.75) is 13.8 Å². The second kappa shape index (κ2) is 4.42. The monoisotopic (exact) mass is 225 g/mol. The zero-order valence-electron chi connectivity index (χ0n) is 10.0. The van der Waals surface area contributed by atoms with Crippen LogP contribution in [0.4, 0.5) is 5.69 Å². The molecule has 2 aromatic rings. The first-order valence-electron chi connectivity index (χ1n) is 5.56. The third-order valence-electron chi connectivity index (χ3n) is 2.88. The van der Waals surface area contributed by atoms with Gasteiger partial charge in [-0.1, -0.05) is 24.3 Å². The maximum atomic E-state index is 12.4. The Hall–Kier alpha value is -2.09. The minimum Gasteiger partial charge on any atom is -0.399 e. The maximum absolute atomic E-state index is 12.4. The lowest BCUT2D eigenvalue weighted by atomic mass is 9.96. The molecular weight excluding hydrogens is 210 g/mol. The number of benzene rings is 2. The molecule has 0 aliphatic carbocycles. The van der Waals surface area contributed by atoms with Crippen molar-refractivity contribution in [3.63, 3.8) is 0 Å². The van der Waals surface area contributed by atoms with Crippen LogP contribution in [0.1, 0.15) is 27.0 Å². The van der Waals surface area contributed by atoms with Crippen molar-refractivity contribution in [2.24, 2.45) is 0 Å². The van der Waals surface area contributed by atoms with Crippen molar-refractivity contribution < 1.29 is 4.79 Å². The molecule has 0 amide bonds. The number of rotatable bonds is 2. The van der Waals surface area contributed by atoms with Crippen LogP contribution in [0.15, 0.2) is 42.5 Å². The van der Waals surface area contributed by atoms with E-state index >= 15 is 0 Å². The summed E-state index contributed by atoms with van der Waals surface area (Å²) in [6.07, 6.45) is 0. The van der Waals surface area contributed by atoms with E-state index in [0.29, 0.717) is 11.3 Å². The van der Waals surface area contributed by atoms with Gasteiger partial charge in [-0.25, -0.2) is 0 Å². The molecule has 2 N–H and O–H groups in total. The molecule has 2 nitrogen and oxygen atoms in total. The number of nitrogens with two attached hydrogens (primary N) is 1. The Labute approximate surface area is 101 Å². The molecule has 86 valence electrons. The van der Waals surface area contributed by atoms with E-state index < -0.39 is 0 Å².